The molecule has 20 heavy (non-hydrogen) atoms. The highest BCUT2D eigenvalue weighted by Crippen LogP contribution is 2.39. The van der Waals surface area contributed by atoms with E-state index in [0.29, 0.717) is 5.92 Å². The summed E-state index contributed by atoms with van der Waals surface area (Å²) in [4.78, 5) is 2.48. The van der Waals surface area contributed by atoms with Gasteiger partial charge in [-0.15, -0.1) is 0 Å². The van der Waals surface area contributed by atoms with Crippen LogP contribution < -0.4 is 10.6 Å². The second kappa shape index (κ2) is 5.68. The molecule has 3 rings (SSSR count). The van der Waals surface area contributed by atoms with Gasteiger partial charge in [0, 0.05) is 30.7 Å². The van der Waals surface area contributed by atoms with Gasteiger partial charge in [-0.1, -0.05) is 48.5 Å². The number of hydrogen-bond donors (Lipinski definition) is 1. The SMILES string of the molecule is CC(N)CC1CN(Cc2ccccc2)c2ccccc21. The van der Waals surface area contributed by atoms with Gasteiger partial charge in [-0.2, -0.15) is 0 Å². The van der Waals surface area contributed by atoms with Crippen molar-refractivity contribution in [3.05, 3.63) is 65.7 Å². The van der Waals surface area contributed by atoms with Gasteiger partial charge in [-0.3, -0.25) is 0 Å². The van der Waals surface area contributed by atoms with Crippen molar-refractivity contribution in [3.8, 4) is 0 Å². The van der Waals surface area contributed by atoms with Crippen molar-refractivity contribution in [1.29, 1.82) is 0 Å². The Labute approximate surface area is 121 Å². The predicted molar refractivity (Wildman–Crippen MR) is 84.9 cm³/mol. The summed E-state index contributed by atoms with van der Waals surface area (Å²) in [6.45, 7) is 4.16. The van der Waals surface area contributed by atoms with Gasteiger partial charge >= 0.3 is 0 Å². The number of para-hydroxylation sites is 1. The van der Waals surface area contributed by atoms with Crippen LogP contribution in [0.3, 0.4) is 0 Å². The maximum atomic E-state index is 6.01. The van der Waals surface area contributed by atoms with E-state index in [0.717, 1.165) is 19.5 Å². The van der Waals surface area contributed by atoms with Gasteiger partial charge < -0.3 is 10.6 Å². The molecule has 0 fully saturated rings. The van der Waals surface area contributed by atoms with Crippen molar-refractivity contribution >= 4 is 5.69 Å². The summed E-state index contributed by atoms with van der Waals surface area (Å²) in [5, 5.41) is 0. The monoisotopic (exact) mass is 266 g/mol. The average molecular weight is 266 g/mol. The summed E-state index contributed by atoms with van der Waals surface area (Å²) in [5.74, 6) is 0.565. The molecule has 0 bridgehead atoms. The minimum Gasteiger partial charge on any atom is -0.366 e. The Balaban J connectivity index is 1.83. The lowest BCUT2D eigenvalue weighted by Gasteiger charge is -2.20. The van der Waals surface area contributed by atoms with E-state index in [1.807, 2.05) is 0 Å². The maximum absolute atomic E-state index is 6.01. The molecular weight excluding hydrogens is 244 g/mol. The number of nitrogens with two attached hydrogens (primary N) is 1. The highest BCUT2D eigenvalue weighted by Gasteiger charge is 2.28. The van der Waals surface area contributed by atoms with Crippen LogP contribution in [0.2, 0.25) is 0 Å². The van der Waals surface area contributed by atoms with E-state index in [1.54, 1.807) is 0 Å². The zero-order valence-corrected chi connectivity index (χ0v) is 12.0. The topological polar surface area (TPSA) is 29.3 Å². The number of anilines is 1. The Morgan fingerprint density at radius 3 is 2.55 bits per heavy atom. The molecule has 2 nitrogen and oxygen atoms in total. The fraction of sp³-hybridized carbons (Fsp3) is 0.333. The summed E-state index contributed by atoms with van der Waals surface area (Å²) >= 11 is 0. The Bertz CT molecular complexity index is 563. The van der Waals surface area contributed by atoms with Crippen molar-refractivity contribution < 1.29 is 0 Å². The molecule has 2 aromatic carbocycles. The van der Waals surface area contributed by atoms with Crippen molar-refractivity contribution in [2.45, 2.75) is 31.8 Å². The fourth-order valence-corrected chi connectivity index (χ4v) is 3.19. The van der Waals surface area contributed by atoms with Gasteiger partial charge in [-0.25, -0.2) is 0 Å². The molecule has 0 amide bonds. The zero-order chi connectivity index (χ0) is 13.9. The first-order valence-corrected chi connectivity index (χ1v) is 7.37. The molecule has 0 radical (unpaired) electrons. The summed E-state index contributed by atoms with van der Waals surface area (Å²) in [7, 11) is 0. The van der Waals surface area contributed by atoms with E-state index in [9.17, 15) is 0 Å². The van der Waals surface area contributed by atoms with Crippen molar-refractivity contribution in [1.82, 2.24) is 0 Å². The van der Waals surface area contributed by atoms with Gasteiger partial charge in [0.2, 0.25) is 0 Å². The predicted octanol–water partition coefficient (Wildman–Crippen LogP) is 3.53. The molecule has 0 spiro atoms. The summed E-state index contributed by atoms with van der Waals surface area (Å²) in [6, 6.07) is 19.7. The smallest absolute Gasteiger partial charge is 0.0429 e. The summed E-state index contributed by atoms with van der Waals surface area (Å²) < 4.78 is 0. The van der Waals surface area contributed by atoms with Crippen LogP contribution >= 0.6 is 0 Å². The summed E-state index contributed by atoms with van der Waals surface area (Å²) in [5.41, 5.74) is 10.2. The van der Waals surface area contributed by atoms with Crippen LogP contribution in [0, 0.1) is 0 Å². The lowest BCUT2D eigenvalue weighted by Crippen LogP contribution is -2.24. The van der Waals surface area contributed by atoms with Crippen LogP contribution in [0.15, 0.2) is 54.6 Å². The Hall–Kier alpha value is -1.80. The van der Waals surface area contributed by atoms with Gasteiger partial charge in [-0.05, 0) is 30.5 Å². The first-order chi connectivity index (χ1) is 9.74. The van der Waals surface area contributed by atoms with Crippen LogP contribution in [0.5, 0.6) is 0 Å². The molecule has 0 saturated carbocycles. The van der Waals surface area contributed by atoms with Crippen molar-refractivity contribution in [3.63, 3.8) is 0 Å². The molecule has 1 heterocycles. The maximum Gasteiger partial charge on any atom is 0.0429 e. The molecule has 2 atom stereocenters. The molecule has 2 heteroatoms. The number of nitrogens with zero attached hydrogens (tertiary/aromatic N) is 1. The normalized spacial score (nSPS) is 18.9. The lowest BCUT2D eigenvalue weighted by atomic mass is 9.95. The molecule has 2 N–H and O–H groups in total. The molecule has 2 unspecified atom stereocenters. The van der Waals surface area contributed by atoms with E-state index in [1.165, 1.54) is 16.8 Å². The first kappa shape index (κ1) is 13.2. The van der Waals surface area contributed by atoms with Gasteiger partial charge in [0.1, 0.15) is 0 Å². The van der Waals surface area contributed by atoms with E-state index in [4.69, 9.17) is 5.73 Å². The third kappa shape index (κ3) is 2.70. The van der Waals surface area contributed by atoms with Gasteiger partial charge in [0.25, 0.3) is 0 Å². The van der Waals surface area contributed by atoms with Gasteiger partial charge in [0.05, 0.1) is 0 Å². The zero-order valence-electron chi connectivity index (χ0n) is 12.0. The number of fused-ring (bicyclic) bond motifs is 1. The second-order valence-corrected chi connectivity index (χ2v) is 5.83. The van der Waals surface area contributed by atoms with Crippen LogP contribution in [-0.4, -0.2) is 12.6 Å². The molecule has 2 aromatic rings. The second-order valence-electron chi connectivity index (χ2n) is 5.83. The molecule has 1 aliphatic heterocycles. The fourth-order valence-electron chi connectivity index (χ4n) is 3.19. The number of benzene rings is 2. The molecule has 0 saturated heterocycles. The quantitative estimate of drug-likeness (QED) is 0.917. The van der Waals surface area contributed by atoms with Gasteiger partial charge in [0.15, 0.2) is 0 Å². The highest BCUT2D eigenvalue weighted by molar-refractivity contribution is 5.60. The summed E-state index contributed by atoms with van der Waals surface area (Å²) in [6.07, 6.45) is 1.06. The number of rotatable bonds is 4. The Morgan fingerprint density at radius 1 is 1.10 bits per heavy atom. The Morgan fingerprint density at radius 2 is 1.80 bits per heavy atom. The Kier molecular flexibility index (Phi) is 3.75. The molecular formula is C18H22N2. The van der Waals surface area contributed by atoms with E-state index < -0.39 is 0 Å². The molecule has 0 aromatic heterocycles. The minimum atomic E-state index is 0.254. The van der Waals surface area contributed by atoms with E-state index >= 15 is 0 Å². The van der Waals surface area contributed by atoms with Crippen LogP contribution in [-0.2, 0) is 6.54 Å². The van der Waals surface area contributed by atoms with E-state index in [2.05, 4.69) is 66.4 Å². The highest BCUT2D eigenvalue weighted by atomic mass is 15.2. The molecule has 104 valence electrons. The van der Waals surface area contributed by atoms with Crippen molar-refractivity contribution in [2.24, 2.45) is 5.73 Å². The third-order valence-electron chi connectivity index (χ3n) is 4.03. The van der Waals surface area contributed by atoms with Crippen molar-refractivity contribution in [2.75, 3.05) is 11.4 Å². The first-order valence-electron chi connectivity index (χ1n) is 7.37. The van der Waals surface area contributed by atoms with E-state index in [-0.39, 0.29) is 6.04 Å². The molecule has 1 aliphatic rings. The molecule has 0 aliphatic carbocycles. The minimum absolute atomic E-state index is 0.254. The standard InChI is InChI=1S/C18H22N2/c1-14(19)11-16-13-20(12-15-7-3-2-4-8-15)18-10-6-5-9-17(16)18/h2-10,14,16H,11-13,19H2,1H3. The largest absolute Gasteiger partial charge is 0.366 e. The van der Waals surface area contributed by atoms with Crippen LogP contribution in [0.4, 0.5) is 5.69 Å². The van der Waals surface area contributed by atoms with Crippen LogP contribution in [0.1, 0.15) is 30.4 Å². The number of hydrogen-bond acceptors (Lipinski definition) is 2. The van der Waals surface area contributed by atoms with Crippen LogP contribution in [0.25, 0.3) is 0 Å². The lowest BCUT2D eigenvalue weighted by molar-refractivity contribution is 0.565. The third-order valence-corrected chi connectivity index (χ3v) is 4.03. The average Bonchev–Trinajstić information content (AvgIpc) is 2.78.